The molecular formula is C25H20N2O4S. The Hall–Kier alpha value is -3.71. The number of anilines is 1. The zero-order valence-corrected chi connectivity index (χ0v) is 18.6. The lowest BCUT2D eigenvalue weighted by Crippen LogP contribution is -2.31. The summed E-state index contributed by atoms with van der Waals surface area (Å²) in [5.41, 5.74) is 3.47. The van der Waals surface area contributed by atoms with Gasteiger partial charge in [-0.25, -0.2) is 4.98 Å². The van der Waals surface area contributed by atoms with Gasteiger partial charge in [0.25, 0.3) is 5.91 Å². The Morgan fingerprint density at radius 3 is 2.59 bits per heavy atom. The van der Waals surface area contributed by atoms with E-state index < -0.39 is 23.5 Å². The number of aliphatic hydroxyl groups is 1. The number of nitrogens with zero attached hydrogens (tertiary/aromatic N) is 2. The number of aromatic nitrogens is 1. The summed E-state index contributed by atoms with van der Waals surface area (Å²) in [7, 11) is 0. The number of carbonyl (C=O) groups excluding carboxylic acids is 2. The molecule has 1 N–H and O–H groups in total. The summed E-state index contributed by atoms with van der Waals surface area (Å²) in [4.78, 5) is 32.8. The molecule has 160 valence electrons. The molecule has 2 aromatic heterocycles. The minimum Gasteiger partial charge on any atom is -0.503 e. The van der Waals surface area contributed by atoms with Crippen LogP contribution in [0.5, 0.6) is 0 Å². The number of benzene rings is 2. The van der Waals surface area contributed by atoms with Crippen molar-refractivity contribution in [2.24, 2.45) is 0 Å². The molecule has 0 aliphatic carbocycles. The maximum absolute atomic E-state index is 13.4. The number of furan rings is 1. The monoisotopic (exact) mass is 444 g/mol. The van der Waals surface area contributed by atoms with Crippen LogP contribution in [-0.4, -0.2) is 21.8 Å². The van der Waals surface area contributed by atoms with E-state index in [9.17, 15) is 14.7 Å². The van der Waals surface area contributed by atoms with E-state index >= 15 is 0 Å². The lowest BCUT2D eigenvalue weighted by atomic mass is 9.92. The van der Waals surface area contributed by atoms with Crippen LogP contribution in [0.3, 0.4) is 0 Å². The van der Waals surface area contributed by atoms with E-state index in [4.69, 9.17) is 4.42 Å². The average Bonchev–Trinajstić information content (AvgIpc) is 3.44. The maximum atomic E-state index is 13.4. The highest BCUT2D eigenvalue weighted by molar-refractivity contribution is 7.22. The van der Waals surface area contributed by atoms with Crippen LogP contribution in [0.15, 0.2) is 70.3 Å². The Labute approximate surface area is 188 Å². The molecule has 0 saturated heterocycles. The van der Waals surface area contributed by atoms with Crippen LogP contribution in [0.4, 0.5) is 5.13 Å². The van der Waals surface area contributed by atoms with E-state index in [1.54, 1.807) is 19.1 Å². The number of amides is 1. The molecule has 0 radical (unpaired) electrons. The second-order valence-corrected chi connectivity index (χ2v) is 8.91. The van der Waals surface area contributed by atoms with E-state index in [1.807, 2.05) is 56.3 Å². The second-order valence-electron chi connectivity index (χ2n) is 7.90. The van der Waals surface area contributed by atoms with Gasteiger partial charge in [-0.15, -0.1) is 0 Å². The molecule has 0 fully saturated rings. The zero-order chi connectivity index (χ0) is 22.6. The number of thiazole rings is 1. The van der Waals surface area contributed by atoms with E-state index in [-0.39, 0.29) is 11.3 Å². The van der Waals surface area contributed by atoms with Crippen LogP contribution in [-0.2, 0) is 4.79 Å². The standard InChI is InChI=1S/C25H20N2O4S/c1-13-8-10-17-19(12-13)32-25(26-17)27-21(16-7-5-4-6-14(16)2)20(23(29)24(27)30)22(28)18-11-9-15(3)31-18/h4-12,21,29H,1-3H3. The molecule has 1 atom stereocenters. The first-order valence-electron chi connectivity index (χ1n) is 10.2. The highest BCUT2D eigenvalue weighted by Crippen LogP contribution is 2.45. The number of carbonyl (C=O) groups is 2. The van der Waals surface area contributed by atoms with Crippen molar-refractivity contribution in [3.63, 3.8) is 0 Å². The first kappa shape index (κ1) is 20.2. The molecule has 0 spiro atoms. The van der Waals surface area contributed by atoms with E-state index in [0.29, 0.717) is 10.9 Å². The van der Waals surface area contributed by atoms with Crippen LogP contribution in [0, 0.1) is 20.8 Å². The first-order valence-corrected chi connectivity index (χ1v) is 11.0. The number of Topliss-reactive ketones (excluding diaryl/α,β-unsaturated/α-hetero) is 1. The lowest BCUT2D eigenvalue weighted by Gasteiger charge is -2.25. The van der Waals surface area contributed by atoms with Gasteiger partial charge in [0.15, 0.2) is 16.7 Å². The predicted octanol–water partition coefficient (Wildman–Crippen LogP) is 5.60. The fraction of sp³-hybridized carbons (Fsp3) is 0.160. The Morgan fingerprint density at radius 2 is 1.88 bits per heavy atom. The van der Waals surface area contributed by atoms with Crippen molar-refractivity contribution in [2.45, 2.75) is 26.8 Å². The Balaban J connectivity index is 1.70. The van der Waals surface area contributed by atoms with Crippen molar-refractivity contribution in [1.82, 2.24) is 4.98 Å². The molecule has 3 heterocycles. The summed E-state index contributed by atoms with van der Waals surface area (Å²) in [5.74, 6) is -1.09. The fourth-order valence-electron chi connectivity index (χ4n) is 4.03. The normalized spacial score (nSPS) is 16.4. The van der Waals surface area contributed by atoms with E-state index in [2.05, 4.69) is 4.98 Å². The van der Waals surface area contributed by atoms with Gasteiger partial charge >= 0.3 is 0 Å². The number of fused-ring (bicyclic) bond motifs is 1. The van der Waals surface area contributed by atoms with Gasteiger partial charge in [0.2, 0.25) is 5.78 Å². The first-order chi connectivity index (χ1) is 15.3. The van der Waals surface area contributed by atoms with Gasteiger partial charge in [-0.1, -0.05) is 41.7 Å². The van der Waals surface area contributed by atoms with Gasteiger partial charge in [0, 0.05) is 0 Å². The summed E-state index contributed by atoms with van der Waals surface area (Å²) in [6.07, 6.45) is 0. The van der Waals surface area contributed by atoms with Crippen molar-refractivity contribution in [3.8, 4) is 0 Å². The van der Waals surface area contributed by atoms with Crippen molar-refractivity contribution in [2.75, 3.05) is 4.90 Å². The Kier molecular flexibility index (Phi) is 4.71. The van der Waals surface area contributed by atoms with Gasteiger partial charge in [-0.3, -0.25) is 14.5 Å². The number of rotatable bonds is 4. The van der Waals surface area contributed by atoms with E-state index in [0.717, 1.165) is 26.9 Å². The topological polar surface area (TPSA) is 83.6 Å². The summed E-state index contributed by atoms with van der Waals surface area (Å²) >= 11 is 1.35. The van der Waals surface area contributed by atoms with Gasteiger partial charge < -0.3 is 9.52 Å². The van der Waals surface area contributed by atoms with Crippen molar-refractivity contribution < 1.29 is 19.1 Å². The number of ketones is 1. The summed E-state index contributed by atoms with van der Waals surface area (Å²) in [6, 6.07) is 15.8. The van der Waals surface area contributed by atoms with E-state index in [1.165, 1.54) is 16.2 Å². The molecule has 0 saturated carbocycles. The third-order valence-corrected chi connectivity index (χ3v) is 6.66. The SMILES string of the molecule is Cc1ccc2nc(N3C(=O)C(O)=C(C(=O)c4ccc(C)o4)C3c3ccccc3C)sc2c1. The van der Waals surface area contributed by atoms with Crippen LogP contribution in [0.1, 0.15) is 39.0 Å². The number of aliphatic hydroxyl groups excluding tert-OH is 1. The Morgan fingerprint density at radius 1 is 1.09 bits per heavy atom. The fourth-order valence-corrected chi connectivity index (χ4v) is 5.12. The summed E-state index contributed by atoms with van der Waals surface area (Å²) in [5, 5.41) is 11.3. The predicted molar refractivity (Wildman–Crippen MR) is 123 cm³/mol. The molecule has 2 aromatic carbocycles. The van der Waals surface area contributed by atoms with Crippen LogP contribution >= 0.6 is 11.3 Å². The molecule has 1 aliphatic rings. The third-order valence-electron chi connectivity index (χ3n) is 5.64. The van der Waals surface area contributed by atoms with Gasteiger partial charge in [-0.05, 0) is 61.7 Å². The molecule has 1 amide bonds. The second kappa shape index (κ2) is 7.46. The minimum absolute atomic E-state index is 0.00548. The molecule has 7 heteroatoms. The molecule has 0 bridgehead atoms. The summed E-state index contributed by atoms with van der Waals surface area (Å²) < 4.78 is 6.45. The number of aryl methyl sites for hydroxylation is 3. The average molecular weight is 445 g/mol. The molecular weight excluding hydrogens is 424 g/mol. The Bertz CT molecular complexity index is 1430. The zero-order valence-electron chi connectivity index (χ0n) is 17.7. The highest BCUT2D eigenvalue weighted by atomic mass is 32.1. The number of hydrogen-bond acceptors (Lipinski definition) is 6. The lowest BCUT2D eigenvalue weighted by molar-refractivity contribution is -0.117. The third kappa shape index (κ3) is 3.13. The van der Waals surface area contributed by atoms with Gasteiger partial charge in [0.1, 0.15) is 5.76 Å². The maximum Gasteiger partial charge on any atom is 0.296 e. The smallest absolute Gasteiger partial charge is 0.296 e. The van der Waals surface area contributed by atoms with Crippen LogP contribution < -0.4 is 4.90 Å². The van der Waals surface area contributed by atoms with Crippen molar-refractivity contribution in [1.29, 1.82) is 0 Å². The number of hydrogen-bond donors (Lipinski definition) is 1. The molecule has 5 rings (SSSR count). The van der Waals surface area contributed by atoms with Crippen molar-refractivity contribution in [3.05, 3.63) is 94.1 Å². The largest absolute Gasteiger partial charge is 0.503 e. The molecule has 32 heavy (non-hydrogen) atoms. The minimum atomic E-state index is -0.816. The molecule has 1 unspecified atom stereocenters. The summed E-state index contributed by atoms with van der Waals surface area (Å²) in [6.45, 7) is 5.64. The quantitative estimate of drug-likeness (QED) is 0.414. The van der Waals surface area contributed by atoms with Crippen LogP contribution in [0.2, 0.25) is 0 Å². The van der Waals surface area contributed by atoms with Gasteiger partial charge in [0.05, 0.1) is 21.8 Å². The molecule has 6 nitrogen and oxygen atoms in total. The highest BCUT2D eigenvalue weighted by Gasteiger charge is 2.46. The van der Waals surface area contributed by atoms with Crippen molar-refractivity contribution >= 4 is 38.4 Å². The van der Waals surface area contributed by atoms with Gasteiger partial charge in [-0.2, -0.15) is 0 Å². The molecule has 4 aromatic rings. The van der Waals surface area contributed by atoms with Crippen LogP contribution in [0.25, 0.3) is 10.2 Å². The molecule has 1 aliphatic heterocycles.